The molecule has 3 N–H and O–H groups in total. The van der Waals surface area contributed by atoms with Gasteiger partial charge in [-0.05, 0) is 72.7 Å². The van der Waals surface area contributed by atoms with Gasteiger partial charge in [-0.15, -0.1) is 0 Å². The van der Waals surface area contributed by atoms with E-state index < -0.39 is 11.7 Å². The Morgan fingerprint density at radius 3 is 2.69 bits per heavy atom. The van der Waals surface area contributed by atoms with Gasteiger partial charge in [-0.3, -0.25) is 14.9 Å². The number of nitrogens with one attached hydrogen (secondary N) is 1. The van der Waals surface area contributed by atoms with Crippen molar-refractivity contribution in [3.05, 3.63) is 77.2 Å². The van der Waals surface area contributed by atoms with Gasteiger partial charge in [0.05, 0.1) is 17.5 Å². The van der Waals surface area contributed by atoms with E-state index in [1.165, 1.54) is 48.9 Å². The van der Waals surface area contributed by atoms with Crippen molar-refractivity contribution in [2.75, 3.05) is 5.32 Å². The normalized spacial score (nSPS) is 13.1. The molecule has 184 valence electrons. The SMILES string of the molecule is CCc1ccc2c(c1)nc(NC(=O)Cc1ccc(Oc3ncccc3C(N)=O)c(F)c1)n2CC1CC1. The Balaban J connectivity index is 1.32. The maximum atomic E-state index is 14.8. The van der Waals surface area contributed by atoms with E-state index in [4.69, 9.17) is 10.5 Å². The molecular formula is C27H26FN5O3. The highest BCUT2D eigenvalue weighted by atomic mass is 19.1. The van der Waals surface area contributed by atoms with Gasteiger partial charge in [-0.25, -0.2) is 14.4 Å². The van der Waals surface area contributed by atoms with E-state index in [0.29, 0.717) is 17.4 Å². The van der Waals surface area contributed by atoms with Gasteiger partial charge in [0.25, 0.3) is 5.91 Å². The average Bonchev–Trinajstić information content (AvgIpc) is 3.62. The van der Waals surface area contributed by atoms with Crippen LogP contribution < -0.4 is 15.8 Å². The number of aromatic nitrogens is 3. The zero-order valence-corrected chi connectivity index (χ0v) is 19.8. The lowest BCUT2D eigenvalue weighted by Gasteiger charge is -2.11. The highest BCUT2D eigenvalue weighted by molar-refractivity contribution is 5.95. The third kappa shape index (κ3) is 5.05. The molecule has 0 spiro atoms. The number of imidazole rings is 1. The molecule has 0 aliphatic heterocycles. The number of nitrogens with two attached hydrogens (primary N) is 1. The van der Waals surface area contributed by atoms with Crippen molar-refractivity contribution in [1.29, 1.82) is 0 Å². The van der Waals surface area contributed by atoms with E-state index in [2.05, 4.69) is 38.9 Å². The molecule has 2 amide bonds. The Labute approximate surface area is 207 Å². The number of amides is 2. The number of hydrogen-bond acceptors (Lipinski definition) is 5. The number of pyridine rings is 1. The molecule has 0 radical (unpaired) electrons. The van der Waals surface area contributed by atoms with Crippen LogP contribution in [0.1, 0.15) is 41.3 Å². The number of ether oxygens (including phenoxy) is 1. The molecule has 0 bridgehead atoms. The van der Waals surface area contributed by atoms with Crippen LogP contribution in [-0.2, 0) is 24.2 Å². The standard InChI is InChI=1S/C27H26FN5O3/c1-2-16-7-9-22-21(13-16)31-27(33(22)15-17-5-6-17)32-24(34)14-18-8-10-23(20(28)12-18)36-26-19(25(29)35)4-3-11-30-26/h3-4,7-13,17H,2,5-6,14-15H2,1H3,(H2,29,35)(H,31,32,34). The largest absolute Gasteiger partial charge is 0.435 e. The second kappa shape index (κ2) is 9.77. The second-order valence-electron chi connectivity index (χ2n) is 8.98. The molecule has 2 aromatic heterocycles. The van der Waals surface area contributed by atoms with E-state index in [0.717, 1.165) is 24.0 Å². The van der Waals surface area contributed by atoms with Crippen molar-refractivity contribution in [3.63, 3.8) is 0 Å². The molecular weight excluding hydrogens is 461 g/mol. The molecule has 0 saturated heterocycles. The predicted octanol–water partition coefficient (Wildman–Crippen LogP) is 4.62. The second-order valence-corrected chi connectivity index (χ2v) is 8.98. The van der Waals surface area contributed by atoms with Gasteiger partial charge in [0.1, 0.15) is 5.56 Å². The Bertz CT molecular complexity index is 1460. The van der Waals surface area contributed by atoms with Gasteiger partial charge in [0, 0.05) is 12.7 Å². The van der Waals surface area contributed by atoms with Crippen LogP contribution in [0.15, 0.2) is 54.7 Å². The van der Waals surface area contributed by atoms with Crippen molar-refractivity contribution < 1.29 is 18.7 Å². The molecule has 9 heteroatoms. The summed E-state index contributed by atoms with van der Waals surface area (Å²) in [5.74, 6) is -0.829. The van der Waals surface area contributed by atoms with Gasteiger partial charge in [0.2, 0.25) is 17.7 Å². The number of fused-ring (bicyclic) bond motifs is 1. The molecule has 36 heavy (non-hydrogen) atoms. The zero-order valence-electron chi connectivity index (χ0n) is 19.8. The number of primary amides is 1. The van der Waals surface area contributed by atoms with E-state index in [1.54, 1.807) is 6.07 Å². The number of carbonyl (C=O) groups is 2. The van der Waals surface area contributed by atoms with Gasteiger partial charge in [-0.2, -0.15) is 0 Å². The number of nitrogens with zero attached hydrogens (tertiary/aromatic N) is 3. The van der Waals surface area contributed by atoms with E-state index >= 15 is 0 Å². The molecule has 2 aromatic carbocycles. The van der Waals surface area contributed by atoms with E-state index in [9.17, 15) is 14.0 Å². The summed E-state index contributed by atoms with van der Waals surface area (Å²) in [7, 11) is 0. The monoisotopic (exact) mass is 487 g/mol. The summed E-state index contributed by atoms with van der Waals surface area (Å²) in [5, 5.41) is 2.91. The Morgan fingerprint density at radius 1 is 1.17 bits per heavy atom. The number of benzene rings is 2. The predicted molar refractivity (Wildman–Crippen MR) is 133 cm³/mol. The third-order valence-electron chi connectivity index (χ3n) is 6.21. The lowest BCUT2D eigenvalue weighted by atomic mass is 10.1. The van der Waals surface area contributed by atoms with Crippen LogP contribution in [-0.4, -0.2) is 26.3 Å². The summed E-state index contributed by atoms with van der Waals surface area (Å²) in [6, 6.07) is 13.4. The molecule has 4 aromatic rings. The minimum atomic E-state index is -0.731. The van der Waals surface area contributed by atoms with Gasteiger partial charge in [-0.1, -0.05) is 19.1 Å². The van der Waals surface area contributed by atoms with Gasteiger partial charge >= 0.3 is 0 Å². The summed E-state index contributed by atoms with van der Waals surface area (Å²) in [6.45, 7) is 2.90. The average molecular weight is 488 g/mol. The quantitative estimate of drug-likeness (QED) is 0.358. The minimum Gasteiger partial charge on any atom is -0.435 e. The molecule has 8 nitrogen and oxygen atoms in total. The van der Waals surface area contributed by atoms with Crippen molar-refractivity contribution in [2.24, 2.45) is 11.7 Å². The fraction of sp³-hybridized carbons (Fsp3) is 0.259. The molecule has 2 heterocycles. The zero-order chi connectivity index (χ0) is 25.2. The molecule has 0 atom stereocenters. The first-order valence-electron chi connectivity index (χ1n) is 11.9. The molecule has 0 unspecified atom stereocenters. The number of hydrogen-bond donors (Lipinski definition) is 2. The first-order valence-corrected chi connectivity index (χ1v) is 11.9. The molecule has 1 saturated carbocycles. The number of aryl methyl sites for hydroxylation is 1. The van der Waals surface area contributed by atoms with Gasteiger partial charge in [0.15, 0.2) is 11.6 Å². The minimum absolute atomic E-state index is 0.0415. The number of anilines is 1. The lowest BCUT2D eigenvalue weighted by molar-refractivity contribution is -0.115. The van der Waals surface area contributed by atoms with Crippen molar-refractivity contribution in [2.45, 2.75) is 39.2 Å². The highest BCUT2D eigenvalue weighted by Gasteiger charge is 2.25. The fourth-order valence-electron chi connectivity index (χ4n) is 4.09. The van der Waals surface area contributed by atoms with Crippen LogP contribution in [0.5, 0.6) is 11.6 Å². The number of halogens is 1. The van der Waals surface area contributed by atoms with Crippen molar-refractivity contribution in [3.8, 4) is 11.6 Å². The molecule has 1 fully saturated rings. The Morgan fingerprint density at radius 2 is 1.97 bits per heavy atom. The topological polar surface area (TPSA) is 112 Å². The number of rotatable bonds is 9. The molecule has 5 rings (SSSR count). The molecule has 1 aliphatic carbocycles. The van der Waals surface area contributed by atoms with Gasteiger partial charge < -0.3 is 15.0 Å². The van der Waals surface area contributed by atoms with E-state index in [-0.39, 0.29) is 29.5 Å². The maximum absolute atomic E-state index is 14.8. The summed E-state index contributed by atoms with van der Waals surface area (Å²) >= 11 is 0. The highest BCUT2D eigenvalue weighted by Crippen LogP contribution is 2.34. The van der Waals surface area contributed by atoms with Crippen molar-refractivity contribution >= 4 is 28.8 Å². The molecule has 1 aliphatic rings. The first kappa shape index (κ1) is 23.5. The summed E-state index contributed by atoms with van der Waals surface area (Å²) in [4.78, 5) is 33.0. The van der Waals surface area contributed by atoms with Crippen LogP contribution in [0.3, 0.4) is 0 Å². The van der Waals surface area contributed by atoms with Crippen LogP contribution in [0, 0.1) is 11.7 Å². The first-order chi connectivity index (χ1) is 17.4. The van der Waals surface area contributed by atoms with E-state index in [1.807, 2.05) is 6.07 Å². The summed E-state index contributed by atoms with van der Waals surface area (Å²) in [6.07, 6.45) is 4.63. The van der Waals surface area contributed by atoms with Crippen molar-refractivity contribution in [1.82, 2.24) is 14.5 Å². The lowest BCUT2D eigenvalue weighted by Crippen LogP contribution is -2.18. The van der Waals surface area contributed by atoms with Crippen LogP contribution in [0.4, 0.5) is 10.3 Å². The summed E-state index contributed by atoms with van der Waals surface area (Å²) < 4.78 is 22.3. The summed E-state index contributed by atoms with van der Waals surface area (Å²) in [5.41, 5.74) is 8.86. The smallest absolute Gasteiger partial charge is 0.254 e. The number of carbonyl (C=O) groups excluding carboxylic acids is 2. The Kier molecular flexibility index (Phi) is 6.37. The fourth-order valence-corrected chi connectivity index (χ4v) is 4.09. The Hall–Kier alpha value is -4.27. The van der Waals surface area contributed by atoms with Crippen LogP contribution in [0.2, 0.25) is 0 Å². The van der Waals surface area contributed by atoms with Crippen LogP contribution >= 0.6 is 0 Å². The van der Waals surface area contributed by atoms with Crippen LogP contribution in [0.25, 0.3) is 11.0 Å². The third-order valence-corrected chi connectivity index (χ3v) is 6.21. The maximum Gasteiger partial charge on any atom is 0.254 e.